The van der Waals surface area contributed by atoms with Gasteiger partial charge in [-0.2, -0.15) is 10.1 Å². The number of hydrogen-bond donors (Lipinski definition) is 6. The number of hydroxylamine groups is 1. The van der Waals surface area contributed by atoms with Crippen molar-refractivity contribution in [3.63, 3.8) is 0 Å². The van der Waals surface area contributed by atoms with Crippen LogP contribution in [0.1, 0.15) is 12.8 Å². The largest absolute Gasteiger partial charge is 0.486 e. The highest BCUT2D eigenvalue weighted by Crippen LogP contribution is 2.34. The van der Waals surface area contributed by atoms with Crippen molar-refractivity contribution in [3.05, 3.63) is 0 Å². The third-order valence-electron chi connectivity index (χ3n) is 1.56. The summed E-state index contributed by atoms with van der Waals surface area (Å²) in [5, 5.41) is 8.70. The average Bonchev–Trinajstić information content (AvgIpc) is 2.13. The number of aliphatic imine (C=N–C) groups is 1. The summed E-state index contributed by atoms with van der Waals surface area (Å²) in [6, 6.07) is -1.25. The van der Waals surface area contributed by atoms with Gasteiger partial charge < -0.3 is 26.4 Å². The second-order valence-electron chi connectivity index (χ2n) is 3.04. The molecule has 0 rings (SSSR count). The Labute approximate surface area is 96.9 Å². The molecule has 0 amide bonds. The Balaban J connectivity index is 4.04. The molecule has 0 fully saturated rings. The van der Waals surface area contributed by atoms with E-state index in [-0.39, 0.29) is 18.9 Å². The Morgan fingerprint density at radius 3 is 2.47 bits per heavy atom. The van der Waals surface area contributed by atoms with Crippen molar-refractivity contribution >= 4 is 19.8 Å². The Morgan fingerprint density at radius 2 is 2.06 bits per heavy atom. The number of guanidine groups is 1. The molecule has 0 aromatic carbocycles. The first-order chi connectivity index (χ1) is 7.72. The van der Waals surface area contributed by atoms with Gasteiger partial charge in [-0.15, -0.1) is 0 Å². The van der Waals surface area contributed by atoms with Crippen molar-refractivity contribution in [2.75, 3.05) is 6.54 Å². The molecule has 11 heteroatoms. The first-order valence-corrected chi connectivity index (χ1v) is 6.03. The van der Waals surface area contributed by atoms with Crippen molar-refractivity contribution < 1.29 is 28.9 Å². The summed E-state index contributed by atoms with van der Waals surface area (Å²) in [6.07, 6.45) is 0.360. The van der Waals surface area contributed by atoms with Gasteiger partial charge in [0.05, 0.1) is 0 Å². The number of nitrogens with two attached hydrogens (primary N) is 2. The topological polar surface area (TPSA) is 180 Å². The Morgan fingerprint density at radius 1 is 1.47 bits per heavy atom. The molecule has 0 aromatic heterocycles. The molecule has 100 valence electrons. The van der Waals surface area contributed by atoms with Gasteiger partial charge in [-0.05, 0) is 12.8 Å². The van der Waals surface area contributed by atoms with Crippen LogP contribution < -0.4 is 16.9 Å². The van der Waals surface area contributed by atoms with Crippen LogP contribution >= 0.6 is 7.82 Å². The summed E-state index contributed by atoms with van der Waals surface area (Å²) >= 11 is 0. The number of carboxylic acids is 1. The van der Waals surface area contributed by atoms with E-state index in [0.717, 1.165) is 0 Å². The summed E-state index contributed by atoms with van der Waals surface area (Å²) in [6.45, 7) is 0.212. The highest BCUT2D eigenvalue weighted by atomic mass is 31.2. The highest BCUT2D eigenvalue weighted by Gasteiger charge is 2.22. The van der Waals surface area contributed by atoms with Crippen LogP contribution in [0.2, 0.25) is 0 Å². The van der Waals surface area contributed by atoms with Gasteiger partial charge in [-0.25, -0.2) is 4.57 Å². The van der Waals surface area contributed by atoms with Gasteiger partial charge >= 0.3 is 13.8 Å². The molecule has 0 saturated heterocycles. The molecule has 8 N–H and O–H groups in total. The monoisotopic (exact) mass is 270 g/mol. The zero-order valence-electron chi connectivity index (χ0n) is 8.81. The minimum Gasteiger partial charge on any atom is -0.480 e. The zero-order chi connectivity index (χ0) is 13.5. The normalized spacial score (nSPS) is 13.1. The van der Waals surface area contributed by atoms with Gasteiger partial charge in [-0.1, -0.05) is 0 Å². The fourth-order valence-electron chi connectivity index (χ4n) is 0.869. The predicted octanol–water partition coefficient (Wildman–Crippen LogP) is -1.89. The van der Waals surface area contributed by atoms with Crippen LogP contribution in [0.4, 0.5) is 0 Å². The van der Waals surface area contributed by atoms with Crippen molar-refractivity contribution in [2.24, 2.45) is 16.5 Å². The van der Waals surface area contributed by atoms with Crippen LogP contribution in [-0.2, 0) is 14.0 Å². The molecule has 0 aliphatic carbocycles. The van der Waals surface area contributed by atoms with E-state index >= 15 is 0 Å². The number of aliphatic carboxylic acids is 1. The smallest absolute Gasteiger partial charge is 0.480 e. The summed E-state index contributed by atoms with van der Waals surface area (Å²) in [5.41, 5.74) is 11.9. The van der Waals surface area contributed by atoms with E-state index in [1.54, 1.807) is 5.48 Å². The number of nitrogens with zero attached hydrogens (tertiary/aromatic N) is 1. The van der Waals surface area contributed by atoms with Gasteiger partial charge in [0.2, 0.25) is 0 Å². The second-order valence-corrected chi connectivity index (χ2v) is 4.20. The molecule has 0 saturated carbocycles. The Hall–Kier alpha value is -1.19. The number of phosphoric acid groups is 1. The number of nitrogens with one attached hydrogen (secondary N) is 1. The van der Waals surface area contributed by atoms with Crippen LogP contribution in [0.15, 0.2) is 4.99 Å². The lowest BCUT2D eigenvalue weighted by Gasteiger charge is -2.13. The maximum atomic E-state index is 10.7. The standard InChI is InChI=1S/C6H15N4O6P/c7-6(8)9-3-1-2-4(5(11)12)10-16-17(13,14)15/h4,10H,1-3H2,(H,11,12)(H4,7,8,9)(H2,13,14,15)/t4-/m0/s1. The molecule has 1 atom stereocenters. The molecule has 0 bridgehead atoms. The predicted molar refractivity (Wildman–Crippen MR) is 57.6 cm³/mol. The van der Waals surface area contributed by atoms with E-state index in [2.05, 4.69) is 9.62 Å². The van der Waals surface area contributed by atoms with Gasteiger partial charge in [0.25, 0.3) is 0 Å². The molecule has 0 heterocycles. The molecule has 0 spiro atoms. The fourth-order valence-corrected chi connectivity index (χ4v) is 1.13. The van der Waals surface area contributed by atoms with Gasteiger partial charge in [0.1, 0.15) is 6.04 Å². The highest BCUT2D eigenvalue weighted by molar-refractivity contribution is 7.46. The van der Waals surface area contributed by atoms with Crippen molar-refractivity contribution in [3.8, 4) is 0 Å². The number of carbonyl (C=O) groups is 1. The SMILES string of the molecule is NC(N)=NCCC[C@H](NOP(=O)(O)O)C(=O)O. The van der Waals surface area contributed by atoms with E-state index in [1.165, 1.54) is 0 Å². The summed E-state index contributed by atoms with van der Waals surface area (Å²) in [4.78, 5) is 31.0. The van der Waals surface area contributed by atoms with Crippen LogP contribution in [0.25, 0.3) is 0 Å². The molecular formula is C6H15N4O6P. The molecular weight excluding hydrogens is 255 g/mol. The summed E-state index contributed by atoms with van der Waals surface area (Å²) in [5.74, 6) is -1.42. The van der Waals surface area contributed by atoms with E-state index in [1.807, 2.05) is 0 Å². The van der Waals surface area contributed by atoms with Crippen LogP contribution in [-0.4, -0.2) is 39.4 Å². The summed E-state index contributed by atoms with van der Waals surface area (Å²) in [7, 11) is -4.76. The summed E-state index contributed by atoms with van der Waals surface area (Å²) < 4.78 is 14.2. The minimum absolute atomic E-state index is 0.0477. The molecule has 17 heavy (non-hydrogen) atoms. The van der Waals surface area contributed by atoms with E-state index in [4.69, 9.17) is 26.4 Å². The minimum atomic E-state index is -4.76. The van der Waals surface area contributed by atoms with Crippen LogP contribution in [0.3, 0.4) is 0 Å². The first-order valence-electron chi connectivity index (χ1n) is 4.50. The number of carboxylic acid groups (broad SMARTS) is 1. The molecule has 0 radical (unpaired) electrons. The van der Waals surface area contributed by atoms with Gasteiger partial charge in [-0.3, -0.25) is 9.79 Å². The Bertz CT molecular complexity index is 324. The molecule has 0 aromatic rings. The van der Waals surface area contributed by atoms with Crippen molar-refractivity contribution in [1.82, 2.24) is 5.48 Å². The number of rotatable bonds is 8. The lowest BCUT2D eigenvalue weighted by Crippen LogP contribution is -2.36. The number of hydrogen-bond acceptors (Lipinski definition) is 5. The van der Waals surface area contributed by atoms with Gasteiger partial charge in [0.15, 0.2) is 5.96 Å². The molecule has 0 unspecified atom stereocenters. The second kappa shape index (κ2) is 7.20. The van der Waals surface area contributed by atoms with Gasteiger partial charge in [0, 0.05) is 6.54 Å². The molecule has 0 aliphatic rings. The van der Waals surface area contributed by atoms with E-state index in [9.17, 15) is 9.36 Å². The van der Waals surface area contributed by atoms with Crippen LogP contribution in [0, 0.1) is 0 Å². The third kappa shape index (κ3) is 9.72. The quantitative estimate of drug-likeness (QED) is 0.0965. The first kappa shape index (κ1) is 15.8. The molecule has 0 aliphatic heterocycles. The zero-order valence-corrected chi connectivity index (χ0v) is 9.71. The molecule has 10 nitrogen and oxygen atoms in total. The van der Waals surface area contributed by atoms with E-state index < -0.39 is 19.8 Å². The maximum Gasteiger partial charge on any atom is 0.486 e. The lowest BCUT2D eigenvalue weighted by atomic mass is 10.2. The van der Waals surface area contributed by atoms with Crippen LogP contribution in [0.5, 0.6) is 0 Å². The van der Waals surface area contributed by atoms with E-state index in [0.29, 0.717) is 6.42 Å². The Kier molecular flexibility index (Phi) is 6.69. The fraction of sp³-hybridized carbons (Fsp3) is 0.667. The lowest BCUT2D eigenvalue weighted by molar-refractivity contribution is -0.142. The third-order valence-corrected chi connectivity index (χ3v) is 1.90. The van der Waals surface area contributed by atoms with Crippen molar-refractivity contribution in [1.29, 1.82) is 0 Å². The average molecular weight is 270 g/mol. The van der Waals surface area contributed by atoms with Crippen molar-refractivity contribution in [2.45, 2.75) is 18.9 Å². The maximum absolute atomic E-state index is 10.7.